The lowest BCUT2D eigenvalue weighted by Crippen LogP contribution is -2.26. The second kappa shape index (κ2) is 10.6. The molecule has 1 heterocycles. The number of benzene rings is 1. The van der Waals surface area contributed by atoms with Gasteiger partial charge in [0, 0.05) is 19.6 Å². The van der Waals surface area contributed by atoms with Crippen LogP contribution in [0.25, 0.3) is 0 Å². The van der Waals surface area contributed by atoms with Crippen LogP contribution in [0.2, 0.25) is 0 Å². The molecular formula is C20H23N3O2S. The first-order valence-corrected chi connectivity index (χ1v) is 9.74. The second-order valence-corrected chi connectivity index (χ2v) is 6.52. The van der Waals surface area contributed by atoms with Gasteiger partial charge in [0.15, 0.2) is 0 Å². The highest BCUT2D eigenvalue weighted by Crippen LogP contribution is 2.19. The molecule has 0 saturated carbocycles. The third-order valence-corrected chi connectivity index (χ3v) is 4.50. The van der Waals surface area contributed by atoms with Gasteiger partial charge in [0.05, 0.1) is 24.3 Å². The lowest BCUT2D eigenvalue weighted by Gasteiger charge is -2.22. The molecule has 0 spiro atoms. The van der Waals surface area contributed by atoms with Crippen molar-refractivity contribution in [3.05, 3.63) is 59.3 Å². The molecule has 0 aliphatic heterocycles. The number of carbonyl (C=O) groups excluding carboxylic acids is 1. The van der Waals surface area contributed by atoms with Crippen molar-refractivity contribution in [2.24, 2.45) is 0 Å². The average molecular weight is 369 g/mol. The summed E-state index contributed by atoms with van der Waals surface area (Å²) in [5.41, 5.74) is 2.64. The molecule has 1 aromatic carbocycles. The van der Waals surface area contributed by atoms with E-state index in [1.54, 1.807) is 6.07 Å². The number of hydrogen-bond donors (Lipinski definition) is 0. The van der Waals surface area contributed by atoms with E-state index >= 15 is 0 Å². The summed E-state index contributed by atoms with van der Waals surface area (Å²) in [6.07, 6.45) is 2.25. The SMILES string of the molecule is CCOC(=O)CCN(Cc1ccccc1)Cc1ccc(C#N)c(SC)n1. The van der Waals surface area contributed by atoms with E-state index in [0.29, 0.717) is 31.7 Å². The van der Waals surface area contributed by atoms with E-state index in [0.717, 1.165) is 17.3 Å². The number of aromatic nitrogens is 1. The Labute approximate surface area is 159 Å². The number of pyridine rings is 1. The molecular weight excluding hydrogens is 346 g/mol. The number of nitrogens with zero attached hydrogens (tertiary/aromatic N) is 3. The fourth-order valence-electron chi connectivity index (χ4n) is 2.57. The first kappa shape index (κ1) is 20.0. The van der Waals surface area contributed by atoms with E-state index in [4.69, 9.17) is 10.00 Å². The molecule has 1 aromatic heterocycles. The lowest BCUT2D eigenvalue weighted by atomic mass is 10.2. The molecule has 136 valence electrons. The van der Waals surface area contributed by atoms with Crippen molar-refractivity contribution in [3.8, 4) is 6.07 Å². The number of rotatable bonds is 9. The summed E-state index contributed by atoms with van der Waals surface area (Å²) in [7, 11) is 0. The molecule has 5 nitrogen and oxygen atoms in total. The molecule has 2 aromatic rings. The van der Waals surface area contributed by atoms with Gasteiger partial charge in [0.25, 0.3) is 0 Å². The van der Waals surface area contributed by atoms with Gasteiger partial charge in [-0.1, -0.05) is 30.3 Å². The Bertz CT molecular complexity index is 759. The molecule has 6 heteroatoms. The van der Waals surface area contributed by atoms with E-state index in [-0.39, 0.29) is 5.97 Å². The zero-order chi connectivity index (χ0) is 18.8. The summed E-state index contributed by atoms with van der Waals surface area (Å²) >= 11 is 1.46. The molecule has 0 atom stereocenters. The summed E-state index contributed by atoms with van der Waals surface area (Å²) in [5, 5.41) is 9.88. The molecule has 0 fully saturated rings. The molecule has 0 aliphatic rings. The van der Waals surface area contributed by atoms with Crippen molar-refractivity contribution in [2.75, 3.05) is 19.4 Å². The Balaban J connectivity index is 2.12. The number of carbonyl (C=O) groups is 1. The third-order valence-electron chi connectivity index (χ3n) is 3.80. The van der Waals surface area contributed by atoms with Crippen LogP contribution < -0.4 is 0 Å². The predicted octanol–water partition coefficient (Wildman–Crippen LogP) is 3.63. The lowest BCUT2D eigenvalue weighted by molar-refractivity contribution is -0.143. The highest BCUT2D eigenvalue weighted by Gasteiger charge is 2.13. The summed E-state index contributed by atoms with van der Waals surface area (Å²) < 4.78 is 5.04. The molecule has 2 rings (SSSR count). The second-order valence-electron chi connectivity index (χ2n) is 5.72. The van der Waals surface area contributed by atoms with Gasteiger partial charge < -0.3 is 4.74 Å². The van der Waals surface area contributed by atoms with E-state index in [2.05, 4.69) is 28.1 Å². The summed E-state index contributed by atoms with van der Waals surface area (Å²) in [4.78, 5) is 18.5. The molecule has 26 heavy (non-hydrogen) atoms. The highest BCUT2D eigenvalue weighted by molar-refractivity contribution is 7.98. The molecule has 0 saturated heterocycles. The van der Waals surface area contributed by atoms with Crippen LogP contribution >= 0.6 is 11.8 Å². The van der Waals surface area contributed by atoms with Crippen LogP contribution in [0.4, 0.5) is 0 Å². The van der Waals surface area contributed by atoms with Crippen LogP contribution in [-0.2, 0) is 22.6 Å². The number of hydrogen-bond acceptors (Lipinski definition) is 6. The molecule has 0 aliphatic carbocycles. The third kappa shape index (κ3) is 6.17. The topological polar surface area (TPSA) is 66.2 Å². The van der Waals surface area contributed by atoms with E-state index in [1.165, 1.54) is 17.3 Å². The number of thioether (sulfide) groups is 1. The van der Waals surface area contributed by atoms with E-state index in [9.17, 15) is 4.79 Å². The first-order chi connectivity index (χ1) is 12.7. The molecule has 0 radical (unpaired) electrons. The number of nitriles is 1. The maximum atomic E-state index is 11.7. The predicted molar refractivity (Wildman–Crippen MR) is 103 cm³/mol. The maximum absolute atomic E-state index is 11.7. The van der Waals surface area contributed by atoms with Crippen molar-refractivity contribution < 1.29 is 9.53 Å². The van der Waals surface area contributed by atoms with Gasteiger partial charge in [0.2, 0.25) is 0 Å². The van der Waals surface area contributed by atoms with Crippen LogP contribution in [0.5, 0.6) is 0 Å². The largest absolute Gasteiger partial charge is 0.466 e. The first-order valence-electron chi connectivity index (χ1n) is 8.52. The summed E-state index contributed by atoms with van der Waals surface area (Å²) in [6, 6.07) is 16.0. The Morgan fingerprint density at radius 1 is 1.23 bits per heavy atom. The Morgan fingerprint density at radius 2 is 2.00 bits per heavy atom. The van der Waals surface area contributed by atoms with Crippen molar-refractivity contribution in [1.82, 2.24) is 9.88 Å². The minimum atomic E-state index is -0.192. The van der Waals surface area contributed by atoms with Gasteiger partial charge in [-0.3, -0.25) is 9.69 Å². The van der Waals surface area contributed by atoms with Gasteiger partial charge in [-0.25, -0.2) is 4.98 Å². The summed E-state index contributed by atoms with van der Waals surface area (Å²) in [6.45, 7) is 4.12. The Hall–Kier alpha value is -2.36. The van der Waals surface area contributed by atoms with Crippen molar-refractivity contribution >= 4 is 17.7 Å². The van der Waals surface area contributed by atoms with Crippen molar-refractivity contribution in [2.45, 2.75) is 31.5 Å². The monoisotopic (exact) mass is 369 g/mol. The Morgan fingerprint density at radius 3 is 2.65 bits per heavy atom. The normalized spacial score (nSPS) is 10.5. The number of esters is 1. The standard InChI is InChI=1S/C20H23N3O2S/c1-3-25-19(24)11-12-23(14-16-7-5-4-6-8-16)15-18-10-9-17(13-21)20(22-18)26-2/h4-10H,3,11-12,14-15H2,1-2H3. The van der Waals surface area contributed by atoms with E-state index in [1.807, 2.05) is 37.4 Å². The molecule has 0 bridgehead atoms. The van der Waals surface area contributed by atoms with Gasteiger partial charge in [-0.15, -0.1) is 11.8 Å². The Kier molecular flexibility index (Phi) is 8.13. The van der Waals surface area contributed by atoms with Crippen molar-refractivity contribution in [1.29, 1.82) is 5.26 Å². The van der Waals surface area contributed by atoms with Crippen LogP contribution in [0.1, 0.15) is 30.2 Å². The van der Waals surface area contributed by atoms with Crippen LogP contribution in [-0.4, -0.2) is 35.3 Å². The minimum Gasteiger partial charge on any atom is -0.466 e. The molecule has 0 amide bonds. The quantitative estimate of drug-likeness (QED) is 0.497. The zero-order valence-electron chi connectivity index (χ0n) is 15.1. The molecule has 0 N–H and O–H groups in total. The van der Waals surface area contributed by atoms with Gasteiger partial charge >= 0.3 is 5.97 Å². The highest BCUT2D eigenvalue weighted by atomic mass is 32.2. The van der Waals surface area contributed by atoms with Gasteiger partial charge in [0.1, 0.15) is 11.1 Å². The minimum absolute atomic E-state index is 0.192. The van der Waals surface area contributed by atoms with Gasteiger partial charge in [-0.05, 0) is 30.9 Å². The van der Waals surface area contributed by atoms with Crippen LogP contribution in [0.3, 0.4) is 0 Å². The fourth-order valence-corrected chi connectivity index (χ4v) is 3.12. The van der Waals surface area contributed by atoms with Crippen LogP contribution in [0.15, 0.2) is 47.5 Å². The van der Waals surface area contributed by atoms with Crippen molar-refractivity contribution in [3.63, 3.8) is 0 Å². The van der Waals surface area contributed by atoms with Crippen LogP contribution in [0, 0.1) is 11.3 Å². The molecule has 0 unspecified atom stereocenters. The average Bonchev–Trinajstić information content (AvgIpc) is 2.67. The van der Waals surface area contributed by atoms with Gasteiger partial charge in [-0.2, -0.15) is 5.26 Å². The summed E-state index contributed by atoms with van der Waals surface area (Å²) in [5.74, 6) is -0.192. The fraction of sp³-hybridized carbons (Fsp3) is 0.350. The maximum Gasteiger partial charge on any atom is 0.307 e. The van der Waals surface area contributed by atoms with E-state index < -0.39 is 0 Å². The number of ether oxygens (including phenoxy) is 1. The zero-order valence-corrected chi connectivity index (χ0v) is 16.0. The smallest absolute Gasteiger partial charge is 0.307 e.